The van der Waals surface area contributed by atoms with Crippen LogP contribution < -0.4 is 0 Å². The minimum Gasteiger partial charge on any atom is -0.289 e. The van der Waals surface area contributed by atoms with Crippen molar-refractivity contribution in [2.24, 2.45) is 0 Å². The highest BCUT2D eigenvalue weighted by Gasteiger charge is 2.09. The maximum atomic E-state index is 12.9. The Labute approximate surface area is 106 Å². The summed E-state index contributed by atoms with van der Waals surface area (Å²) >= 11 is 2.16. The van der Waals surface area contributed by atoms with Crippen LogP contribution in [0.15, 0.2) is 42.7 Å². The van der Waals surface area contributed by atoms with E-state index in [0.29, 0.717) is 5.56 Å². The quantitative estimate of drug-likeness (QED) is 0.627. The molecule has 0 fully saturated rings. The van der Waals surface area contributed by atoms with Gasteiger partial charge in [0.25, 0.3) is 0 Å². The van der Waals surface area contributed by atoms with Crippen molar-refractivity contribution in [1.29, 1.82) is 0 Å². The zero-order chi connectivity index (χ0) is 11.5. The lowest BCUT2D eigenvalue weighted by Crippen LogP contribution is -2.02. The third-order valence-corrected chi connectivity index (χ3v) is 2.79. The number of benzene rings is 1. The Bertz CT molecular complexity index is 525. The monoisotopic (exact) mass is 327 g/mol. The highest BCUT2D eigenvalue weighted by molar-refractivity contribution is 14.1. The van der Waals surface area contributed by atoms with Crippen molar-refractivity contribution >= 4 is 28.4 Å². The molecule has 0 aliphatic rings. The Morgan fingerprint density at radius 3 is 2.44 bits per heavy atom. The number of hydrogen-bond acceptors (Lipinski definition) is 2. The van der Waals surface area contributed by atoms with Crippen molar-refractivity contribution in [3.8, 4) is 0 Å². The topological polar surface area (TPSA) is 30.0 Å². The summed E-state index contributed by atoms with van der Waals surface area (Å²) in [6, 6.07) is 8.29. The molecular weight excluding hydrogens is 320 g/mol. The molecule has 2 nitrogen and oxygen atoms in total. The smallest absolute Gasteiger partial charge is 0.194 e. The maximum Gasteiger partial charge on any atom is 0.194 e. The fourth-order valence-corrected chi connectivity index (χ4v) is 1.66. The van der Waals surface area contributed by atoms with Gasteiger partial charge in [0, 0.05) is 20.9 Å². The number of carbonyl (C=O) groups excluding carboxylic acids is 1. The summed E-state index contributed by atoms with van der Waals surface area (Å²) in [5.74, 6) is -0.722. The van der Waals surface area contributed by atoms with E-state index in [1.807, 2.05) is 12.1 Å². The van der Waals surface area contributed by atoms with Crippen molar-refractivity contribution in [3.63, 3.8) is 0 Å². The zero-order valence-corrected chi connectivity index (χ0v) is 10.3. The van der Waals surface area contributed by atoms with Gasteiger partial charge in [0.15, 0.2) is 5.78 Å². The Morgan fingerprint density at radius 1 is 1.12 bits per heavy atom. The average Bonchev–Trinajstić information content (AvgIpc) is 2.29. The van der Waals surface area contributed by atoms with Gasteiger partial charge in [-0.2, -0.15) is 0 Å². The van der Waals surface area contributed by atoms with Gasteiger partial charge in [-0.25, -0.2) is 4.39 Å². The van der Waals surface area contributed by atoms with Crippen LogP contribution in [0.5, 0.6) is 0 Å². The van der Waals surface area contributed by atoms with E-state index >= 15 is 0 Å². The van der Waals surface area contributed by atoms with Crippen LogP contribution in [0.4, 0.5) is 4.39 Å². The number of carbonyl (C=O) groups is 1. The summed E-state index contributed by atoms with van der Waals surface area (Å²) in [6.45, 7) is 0. The standard InChI is InChI=1S/C12H7FINO/c13-10-5-9(6-15-7-10)12(16)8-1-3-11(14)4-2-8/h1-7H. The van der Waals surface area contributed by atoms with Gasteiger partial charge in [-0.05, 0) is 52.9 Å². The lowest BCUT2D eigenvalue weighted by molar-refractivity contribution is 0.103. The predicted molar refractivity (Wildman–Crippen MR) is 66.8 cm³/mol. The van der Waals surface area contributed by atoms with E-state index in [-0.39, 0.29) is 11.3 Å². The van der Waals surface area contributed by atoms with E-state index in [9.17, 15) is 9.18 Å². The maximum absolute atomic E-state index is 12.9. The van der Waals surface area contributed by atoms with E-state index in [4.69, 9.17) is 0 Å². The summed E-state index contributed by atoms with van der Waals surface area (Å²) in [6.07, 6.45) is 2.44. The summed E-state index contributed by atoms with van der Waals surface area (Å²) < 4.78 is 13.9. The van der Waals surface area contributed by atoms with Gasteiger partial charge >= 0.3 is 0 Å². The minimum atomic E-state index is -0.503. The highest BCUT2D eigenvalue weighted by atomic mass is 127. The number of pyridine rings is 1. The summed E-state index contributed by atoms with van der Waals surface area (Å²) in [4.78, 5) is 15.6. The minimum absolute atomic E-state index is 0.219. The van der Waals surface area contributed by atoms with Crippen molar-refractivity contribution in [1.82, 2.24) is 4.98 Å². The highest BCUT2D eigenvalue weighted by Crippen LogP contribution is 2.12. The Balaban J connectivity index is 2.35. The van der Waals surface area contributed by atoms with Crippen molar-refractivity contribution in [3.05, 3.63) is 63.2 Å². The van der Waals surface area contributed by atoms with E-state index in [1.165, 1.54) is 12.3 Å². The lowest BCUT2D eigenvalue weighted by atomic mass is 10.1. The van der Waals surface area contributed by atoms with Crippen molar-refractivity contribution in [2.75, 3.05) is 0 Å². The Morgan fingerprint density at radius 2 is 1.81 bits per heavy atom. The second-order valence-electron chi connectivity index (χ2n) is 3.23. The van der Waals surface area contributed by atoms with Crippen LogP contribution in [-0.2, 0) is 0 Å². The van der Waals surface area contributed by atoms with E-state index in [1.54, 1.807) is 12.1 Å². The first-order valence-corrected chi connectivity index (χ1v) is 5.65. The molecule has 2 rings (SSSR count). The van der Waals surface area contributed by atoms with Crippen LogP contribution in [0.2, 0.25) is 0 Å². The molecular formula is C12H7FINO. The fourth-order valence-electron chi connectivity index (χ4n) is 1.30. The molecule has 0 aliphatic heterocycles. The van der Waals surface area contributed by atoms with Crippen LogP contribution in [0, 0.1) is 9.39 Å². The predicted octanol–water partition coefficient (Wildman–Crippen LogP) is 3.06. The van der Waals surface area contributed by atoms with Crippen LogP contribution in [0.25, 0.3) is 0 Å². The number of hydrogen-bond donors (Lipinski definition) is 0. The first-order chi connectivity index (χ1) is 7.66. The molecule has 1 heterocycles. The molecule has 0 atom stereocenters. The third kappa shape index (κ3) is 2.44. The van der Waals surface area contributed by atoms with Gasteiger partial charge < -0.3 is 0 Å². The van der Waals surface area contributed by atoms with Gasteiger partial charge in [-0.15, -0.1) is 0 Å². The molecule has 0 amide bonds. The summed E-state index contributed by atoms with van der Waals surface area (Å²) in [5, 5.41) is 0. The van der Waals surface area contributed by atoms with Crippen molar-refractivity contribution in [2.45, 2.75) is 0 Å². The summed E-state index contributed by atoms with van der Waals surface area (Å²) in [7, 11) is 0. The van der Waals surface area contributed by atoms with Gasteiger partial charge in [-0.1, -0.05) is 0 Å². The molecule has 0 bridgehead atoms. The molecule has 0 unspecified atom stereocenters. The normalized spacial score (nSPS) is 10.1. The zero-order valence-electron chi connectivity index (χ0n) is 8.15. The number of ketones is 1. The van der Waals surface area contributed by atoms with Crippen LogP contribution in [0.1, 0.15) is 15.9 Å². The first kappa shape index (κ1) is 11.2. The second-order valence-corrected chi connectivity index (χ2v) is 4.47. The molecule has 0 saturated carbocycles. The van der Waals surface area contributed by atoms with E-state index < -0.39 is 5.82 Å². The third-order valence-electron chi connectivity index (χ3n) is 2.07. The number of halogens is 2. The van der Waals surface area contributed by atoms with Gasteiger partial charge in [0.05, 0.1) is 6.20 Å². The molecule has 1 aromatic carbocycles. The molecule has 0 aliphatic carbocycles. The van der Waals surface area contributed by atoms with Gasteiger partial charge in [-0.3, -0.25) is 9.78 Å². The van der Waals surface area contributed by atoms with E-state index in [2.05, 4.69) is 27.6 Å². The van der Waals surface area contributed by atoms with Crippen LogP contribution in [0.3, 0.4) is 0 Å². The SMILES string of the molecule is O=C(c1ccc(I)cc1)c1cncc(F)c1. The number of rotatable bonds is 2. The van der Waals surface area contributed by atoms with E-state index in [0.717, 1.165) is 9.77 Å². The largest absolute Gasteiger partial charge is 0.289 e. The molecule has 0 N–H and O–H groups in total. The molecule has 0 radical (unpaired) electrons. The molecule has 80 valence electrons. The lowest BCUT2D eigenvalue weighted by Gasteiger charge is -2.00. The molecule has 4 heteroatoms. The first-order valence-electron chi connectivity index (χ1n) is 4.57. The Hall–Kier alpha value is -1.30. The summed E-state index contributed by atoms with van der Waals surface area (Å²) in [5.41, 5.74) is 0.800. The van der Waals surface area contributed by atoms with Crippen LogP contribution >= 0.6 is 22.6 Å². The van der Waals surface area contributed by atoms with Gasteiger partial charge in [0.2, 0.25) is 0 Å². The number of nitrogens with zero attached hydrogens (tertiary/aromatic N) is 1. The molecule has 16 heavy (non-hydrogen) atoms. The van der Waals surface area contributed by atoms with Crippen molar-refractivity contribution < 1.29 is 9.18 Å². The Kier molecular flexibility index (Phi) is 3.28. The number of aromatic nitrogens is 1. The van der Waals surface area contributed by atoms with Crippen LogP contribution in [-0.4, -0.2) is 10.8 Å². The molecule has 2 aromatic rings. The molecule has 0 saturated heterocycles. The van der Waals surface area contributed by atoms with Gasteiger partial charge in [0.1, 0.15) is 5.82 Å². The molecule has 0 spiro atoms. The molecule has 1 aromatic heterocycles. The second kappa shape index (κ2) is 4.69. The fraction of sp³-hybridized carbons (Fsp3) is 0. The average molecular weight is 327 g/mol.